The van der Waals surface area contributed by atoms with Gasteiger partial charge >= 0.3 is 0 Å². The molecule has 0 N–H and O–H groups in total. The monoisotopic (exact) mass is 374 g/mol. The van der Waals surface area contributed by atoms with Crippen LogP contribution in [0.5, 0.6) is 0 Å². The Balaban J connectivity index is 1.49. The number of piperidine rings is 1. The number of hydrogen-bond donors (Lipinski definition) is 0. The molecule has 7 heteroatoms. The Morgan fingerprint density at radius 2 is 2.04 bits per heavy atom. The number of amides is 1. The number of rotatable bonds is 4. The summed E-state index contributed by atoms with van der Waals surface area (Å²) >= 11 is 6.64. The molecule has 0 aromatic carbocycles. The second-order valence-electron chi connectivity index (χ2n) is 6.07. The number of thioether (sulfide) groups is 1. The van der Waals surface area contributed by atoms with Gasteiger partial charge in [0.25, 0.3) is 5.91 Å². The third-order valence-electron chi connectivity index (χ3n) is 4.32. The van der Waals surface area contributed by atoms with Crippen molar-refractivity contribution in [1.29, 1.82) is 0 Å². The molecule has 0 radical (unpaired) electrons. The Hall–Kier alpha value is -1.99. The summed E-state index contributed by atoms with van der Waals surface area (Å²) in [7, 11) is 0. The van der Waals surface area contributed by atoms with Crippen LogP contribution in [-0.4, -0.2) is 28.2 Å². The summed E-state index contributed by atoms with van der Waals surface area (Å²) in [5, 5.41) is 0. The van der Waals surface area contributed by atoms with Crippen LogP contribution in [0.2, 0.25) is 0 Å². The minimum atomic E-state index is -0.109. The highest BCUT2D eigenvalue weighted by atomic mass is 32.2. The van der Waals surface area contributed by atoms with Crippen molar-refractivity contribution in [2.24, 2.45) is 0 Å². The van der Waals surface area contributed by atoms with Crippen molar-refractivity contribution >= 4 is 46.2 Å². The van der Waals surface area contributed by atoms with Crippen molar-refractivity contribution in [3.8, 4) is 0 Å². The minimum Gasteiger partial charge on any atom is -0.467 e. The van der Waals surface area contributed by atoms with E-state index in [1.807, 2.05) is 18.2 Å². The SMILES string of the molecule is O=C1/C(=C/c2ccc(N3CCCCC3)o2)SC(=S)N1Cc1ccco1. The molecule has 0 atom stereocenters. The molecule has 2 aromatic heterocycles. The van der Waals surface area contributed by atoms with Crippen LogP contribution < -0.4 is 4.90 Å². The van der Waals surface area contributed by atoms with Crippen molar-refractivity contribution < 1.29 is 13.6 Å². The van der Waals surface area contributed by atoms with Gasteiger partial charge in [0.05, 0.1) is 17.7 Å². The molecule has 0 unspecified atom stereocenters. The first-order chi connectivity index (χ1) is 12.2. The maximum Gasteiger partial charge on any atom is 0.266 e. The van der Waals surface area contributed by atoms with Crippen molar-refractivity contribution in [3.63, 3.8) is 0 Å². The van der Waals surface area contributed by atoms with Gasteiger partial charge in [-0.1, -0.05) is 24.0 Å². The molecule has 1 amide bonds. The molecule has 4 rings (SSSR count). The Bertz CT molecular complexity index is 804. The Morgan fingerprint density at radius 1 is 1.20 bits per heavy atom. The van der Waals surface area contributed by atoms with E-state index in [9.17, 15) is 4.79 Å². The molecule has 0 spiro atoms. The van der Waals surface area contributed by atoms with Gasteiger partial charge in [-0.15, -0.1) is 0 Å². The predicted molar refractivity (Wildman–Crippen MR) is 102 cm³/mol. The zero-order valence-corrected chi connectivity index (χ0v) is 15.3. The lowest BCUT2D eigenvalue weighted by atomic mass is 10.1. The van der Waals surface area contributed by atoms with Gasteiger partial charge in [-0.2, -0.15) is 0 Å². The lowest BCUT2D eigenvalue weighted by Crippen LogP contribution is -2.28. The molecule has 2 fully saturated rings. The van der Waals surface area contributed by atoms with Crippen molar-refractivity contribution in [2.45, 2.75) is 25.8 Å². The van der Waals surface area contributed by atoms with E-state index in [1.54, 1.807) is 23.3 Å². The average molecular weight is 374 g/mol. The zero-order chi connectivity index (χ0) is 17.2. The summed E-state index contributed by atoms with van der Waals surface area (Å²) < 4.78 is 11.8. The highest BCUT2D eigenvalue weighted by Gasteiger charge is 2.32. The van der Waals surface area contributed by atoms with Gasteiger partial charge in [-0.05, 0) is 37.5 Å². The highest BCUT2D eigenvalue weighted by molar-refractivity contribution is 8.26. The number of carbonyl (C=O) groups excluding carboxylic acids is 1. The molecule has 5 nitrogen and oxygen atoms in total. The molecule has 130 valence electrons. The summed E-state index contributed by atoms with van der Waals surface area (Å²) in [4.78, 5) is 17.0. The number of anilines is 1. The summed E-state index contributed by atoms with van der Waals surface area (Å²) in [6.07, 6.45) is 7.04. The predicted octanol–water partition coefficient (Wildman–Crippen LogP) is 4.26. The molecule has 0 aliphatic carbocycles. The first-order valence-electron chi connectivity index (χ1n) is 8.33. The molecule has 0 bridgehead atoms. The third kappa shape index (κ3) is 3.52. The fourth-order valence-electron chi connectivity index (χ4n) is 3.03. The molecule has 2 aromatic rings. The van der Waals surface area contributed by atoms with Gasteiger partial charge in [0, 0.05) is 25.2 Å². The molecule has 4 heterocycles. The number of nitrogens with zero attached hydrogens (tertiary/aromatic N) is 2. The van der Waals surface area contributed by atoms with Crippen LogP contribution in [0.4, 0.5) is 5.88 Å². The van der Waals surface area contributed by atoms with E-state index >= 15 is 0 Å². The van der Waals surface area contributed by atoms with Gasteiger partial charge in [-0.25, -0.2) is 0 Å². The van der Waals surface area contributed by atoms with Gasteiger partial charge < -0.3 is 13.7 Å². The maximum absolute atomic E-state index is 12.6. The van der Waals surface area contributed by atoms with Gasteiger partial charge in [-0.3, -0.25) is 9.69 Å². The molecular formula is C18H18N2O3S2. The lowest BCUT2D eigenvalue weighted by Gasteiger charge is -2.25. The second kappa shape index (κ2) is 7.09. The number of carbonyl (C=O) groups is 1. The van der Waals surface area contributed by atoms with E-state index in [4.69, 9.17) is 21.1 Å². The second-order valence-corrected chi connectivity index (χ2v) is 7.75. The first-order valence-corrected chi connectivity index (χ1v) is 9.56. The van der Waals surface area contributed by atoms with Gasteiger partial charge in [0.15, 0.2) is 5.88 Å². The fourth-order valence-corrected chi connectivity index (χ4v) is 4.26. The summed E-state index contributed by atoms with van der Waals surface area (Å²) in [5.41, 5.74) is 0. The van der Waals surface area contributed by atoms with Crippen LogP contribution >= 0.6 is 24.0 Å². The van der Waals surface area contributed by atoms with E-state index in [1.165, 1.54) is 31.0 Å². The van der Waals surface area contributed by atoms with Crippen molar-refractivity contribution in [3.05, 3.63) is 47.0 Å². The van der Waals surface area contributed by atoms with E-state index < -0.39 is 0 Å². The van der Waals surface area contributed by atoms with Crippen LogP contribution in [0.1, 0.15) is 30.8 Å². The summed E-state index contributed by atoms with van der Waals surface area (Å²) in [6.45, 7) is 2.41. The Kier molecular flexibility index (Phi) is 4.67. The molecule has 2 aliphatic heterocycles. The van der Waals surface area contributed by atoms with E-state index in [0.717, 1.165) is 19.0 Å². The van der Waals surface area contributed by atoms with E-state index in [2.05, 4.69) is 4.90 Å². The smallest absolute Gasteiger partial charge is 0.266 e. The fraction of sp³-hybridized carbons (Fsp3) is 0.333. The van der Waals surface area contributed by atoms with Crippen LogP contribution in [0.25, 0.3) is 6.08 Å². The number of thiocarbonyl (C=S) groups is 1. The maximum atomic E-state index is 12.6. The van der Waals surface area contributed by atoms with Crippen molar-refractivity contribution in [1.82, 2.24) is 4.90 Å². The highest BCUT2D eigenvalue weighted by Crippen LogP contribution is 2.34. The van der Waals surface area contributed by atoms with Crippen LogP contribution in [0, 0.1) is 0 Å². The van der Waals surface area contributed by atoms with E-state index in [-0.39, 0.29) is 5.91 Å². The molecular weight excluding hydrogens is 356 g/mol. The quantitative estimate of drug-likeness (QED) is 0.589. The van der Waals surface area contributed by atoms with Crippen molar-refractivity contribution in [2.75, 3.05) is 18.0 Å². The molecule has 2 saturated heterocycles. The lowest BCUT2D eigenvalue weighted by molar-refractivity contribution is -0.122. The molecule has 0 saturated carbocycles. The van der Waals surface area contributed by atoms with Gasteiger partial charge in [0.2, 0.25) is 0 Å². The number of furan rings is 2. The number of hydrogen-bond acceptors (Lipinski definition) is 6. The standard InChI is InChI=1S/C18H18N2O3S2/c21-17-15(25-18(24)20(17)12-14-5-4-10-22-14)11-13-6-7-16(23-13)19-8-2-1-3-9-19/h4-7,10-11H,1-3,8-9,12H2/b15-11-. The molecule has 25 heavy (non-hydrogen) atoms. The Morgan fingerprint density at radius 3 is 2.80 bits per heavy atom. The average Bonchev–Trinajstić information content (AvgIpc) is 3.35. The van der Waals surface area contributed by atoms with Crippen LogP contribution in [0.3, 0.4) is 0 Å². The van der Waals surface area contributed by atoms with Gasteiger partial charge in [0.1, 0.15) is 15.8 Å². The normalized spacial score (nSPS) is 20.1. The zero-order valence-electron chi connectivity index (χ0n) is 13.6. The Labute approximate surface area is 155 Å². The summed E-state index contributed by atoms with van der Waals surface area (Å²) in [6, 6.07) is 7.51. The topological polar surface area (TPSA) is 49.8 Å². The van der Waals surface area contributed by atoms with Crippen LogP contribution in [0.15, 0.2) is 44.3 Å². The van der Waals surface area contributed by atoms with Crippen LogP contribution in [-0.2, 0) is 11.3 Å². The van der Waals surface area contributed by atoms with E-state index in [0.29, 0.717) is 27.3 Å². The minimum absolute atomic E-state index is 0.109. The largest absolute Gasteiger partial charge is 0.467 e. The first kappa shape index (κ1) is 16.5. The third-order valence-corrected chi connectivity index (χ3v) is 5.70. The summed E-state index contributed by atoms with van der Waals surface area (Å²) in [5.74, 6) is 2.15. The molecule has 2 aliphatic rings.